The third-order valence-electron chi connectivity index (χ3n) is 4.51. The van der Waals surface area contributed by atoms with E-state index < -0.39 is 0 Å². The molecule has 136 valence electrons. The number of rotatable bonds is 3. The number of nitrogens with zero attached hydrogens (tertiary/aromatic N) is 2. The molecule has 0 saturated carbocycles. The Morgan fingerprint density at radius 3 is 2.31 bits per heavy atom. The predicted octanol–water partition coefficient (Wildman–Crippen LogP) is 3.51. The van der Waals surface area contributed by atoms with Crippen molar-refractivity contribution in [2.45, 2.75) is 12.8 Å². The van der Waals surface area contributed by atoms with Crippen molar-refractivity contribution in [2.24, 2.45) is 0 Å². The highest BCUT2D eigenvalue weighted by atomic mass is 79.9. The predicted molar refractivity (Wildman–Crippen MR) is 101 cm³/mol. The molecular weight excluding hydrogens is 399 g/mol. The van der Waals surface area contributed by atoms with E-state index in [4.69, 9.17) is 0 Å². The van der Waals surface area contributed by atoms with Gasteiger partial charge in [-0.05, 0) is 52.2 Å². The summed E-state index contributed by atoms with van der Waals surface area (Å²) in [7, 11) is 0. The first kappa shape index (κ1) is 18.6. The van der Waals surface area contributed by atoms with Gasteiger partial charge in [0.25, 0.3) is 5.91 Å². The lowest BCUT2D eigenvalue weighted by molar-refractivity contribution is -0.130. The van der Waals surface area contributed by atoms with Crippen LogP contribution in [0.4, 0.5) is 4.39 Å². The number of hydrogen-bond acceptors (Lipinski definition) is 2. The van der Waals surface area contributed by atoms with Gasteiger partial charge < -0.3 is 9.80 Å². The van der Waals surface area contributed by atoms with Crippen molar-refractivity contribution in [3.05, 3.63) is 69.9 Å². The van der Waals surface area contributed by atoms with E-state index in [0.29, 0.717) is 31.7 Å². The van der Waals surface area contributed by atoms with Crippen LogP contribution < -0.4 is 0 Å². The van der Waals surface area contributed by atoms with Crippen LogP contribution in [0.3, 0.4) is 0 Å². The maximum Gasteiger partial charge on any atom is 0.255 e. The number of carbonyl (C=O) groups is 2. The molecular formula is C20H20BrFN2O2. The van der Waals surface area contributed by atoms with Gasteiger partial charge in [0, 0.05) is 30.7 Å². The van der Waals surface area contributed by atoms with E-state index in [1.165, 1.54) is 12.1 Å². The Kier molecular flexibility index (Phi) is 6.04. The van der Waals surface area contributed by atoms with Gasteiger partial charge in [-0.25, -0.2) is 4.39 Å². The van der Waals surface area contributed by atoms with E-state index >= 15 is 0 Å². The Morgan fingerprint density at radius 2 is 1.58 bits per heavy atom. The largest absolute Gasteiger partial charge is 0.341 e. The number of hydrogen-bond donors (Lipinski definition) is 0. The van der Waals surface area contributed by atoms with Gasteiger partial charge in [0.1, 0.15) is 5.82 Å². The average molecular weight is 419 g/mol. The van der Waals surface area contributed by atoms with E-state index in [1.54, 1.807) is 28.0 Å². The van der Waals surface area contributed by atoms with Crippen molar-refractivity contribution in [1.82, 2.24) is 9.80 Å². The molecule has 6 heteroatoms. The van der Waals surface area contributed by atoms with Crippen LogP contribution in [0, 0.1) is 5.82 Å². The van der Waals surface area contributed by atoms with Crippen molar-refractivity contribution < 1.29 is 14.0 Å². The molecule has 0 unspecified atom stereocenters. The number of amides is 2. The van der Waals surface area contributed by atoms with Crippen molar-refractivity contribution >= 4 is 27.7 Å². The standard InChI is InChI=1S/C20H20BrFN2O2/c21-18-5-2-1-4-17(18)20(26)24-11-3-10-23(12-13-24)19(25)14-15-6-8-16(22)9-7-15/h1-2,4-9H,3,10-14H2. The molecule has 1 saturated heterocycles. The molecule has 2 aromatic carbocycles. The second-order valence-electron chi connectivity index (χ2n) is 6.31. The Bertz CT molecular complexity index is 795. The van der Waals surface area contributed by atoms with E-state index in [2.05, 4.69) is 15.9 Å². The van der Waals surface area contributed by atoms with Crippen LogP contribution in [-0.4, -0.2) is 47.8 Å². The summed E-state index contributed by atoms with van der Waals surface area (Å²) in [5.74, 6) is -0.325. The fraction of sp³-hybridized carbons (Fsp3) is 0.300. The van der Waals surface area contributed by atoms with E-state index in [-0.39, 0.29) is 24.1 Å². The fourth-order valence-electron chi connectivity index (χ4n) is 3.06. The van der Waals surface area contributed by atoms with Gasteiger partial charge in [0.05, 0.1) is 12.0 Å². The zero-order valence-corrected chi connectivity index (χ0v) is 15.9. The maximum atomic E-state index is 13.0. The minimum Gasteiger partial charge on any atom is -0.341 e. The lowest BCUT2D eigenvalue weighted by Gasteiger charge is -2.22. The van der Waals surface area contributed by atoms with Gasteiger partial charge >= 0.3 is 0 Å². The molecule has 0 atom stereocenters. The van der Waals surface area contributed by atoms with Crippen LogP contribution in [0.25, 0.3) is 0 Å². The first-order valence-electron chi connectivity index (χ1n) is 8.60. The van der Waals surface area contributed by atoms with E-state index in [9.17, 15) is 14.0 Å². The molecule has 0 spiro atoms. The Labute approximate surface area is 160 Å². The molecule has 4 nitrogen and oxygen atoms in total. The summed E-state index contributed by atoms with van der Waals surface area (Å²) in [6.07, 6.45) is 0.990. The lowest BCUT2D eigenvalue weighted by Crippen LogP contribution is -2.38. The van der Waals surface area contributed by atoms with Crippen LogP contribution in [0.5, 0.6) is 0 Å². The minimum atomic E-state index is -0.308. The Morgan fingerprint density at radius 1 is 0.923 bits per heavy atom. The first-order chi connectivity index (χ1) is 12.5. The van der Waals surface area contributed by atoms with Gasteiger partial charge in [-0.1, -0.05) is 24.3 Å². The van der Waals surface area contributed by atoms with E-state index in [1.807, 2.05) is 18.2 Å². The first-order valence-corrected chi connectivity index (χ1v) is 9.40. The third-order valence-corrected chi connectivity index (χ3v) is 5.20. The summed E-state index contributed by atoms with van der Waals surface area (Å²) < 4.78 is 13.8. The molecule has 0 aliphatic carbocycles. The smallest absolute Gasteiger partial charge is 0.255 e. The van der Waals surface area contributed by atoms with E-state index in [0.717, 1.165) is 16.5 Å². The molecule has 26 heavy (non-hydrogen) atoms. The molecule has 0 radical (unpaired) electrons. The average Bonchev–Trinajstić information content (AvgIpc) is 2.90. The van der Waals surface area contributed by atoms with Crippen LogP contribution in [0.2, 0.25) is 0 Å². The van der Waals surface area contributed by atoms with Gasteiger partial charge in [0.2, 0.25) is 5.91 Å². The van der Waals surface area contributed by atoms with Crippen LogP contribution in [0.15, 0.2) is 53.0 Å². The van der Waals surface area contributed by atoms with Gasteiger partial charge in [-0.15, -0.1) is 0 Å². The highest BCUT2D eigenvalue weighted by Crippen LogP contribution is 2.19. The molecule has 0 N–H and O–H groups in total. The summed E-state index contributed by atoms with van der Waals surface area (Å²) >= 11 is 3.42. The van der Waals surface area contributed by atoms with Crippen molar-refractivity contribution in [3.63, 3.8) is 0 Å². The summed E-state index contributed by atoms with van der Waals surface area (Å²) in [6.45, 7) is 2.27. The van der Waals surface area contributed by atoms with Crippen LogP contribution in [-0.2, 0) is 11.2 Å². The molecule has 1 fully saturated rings. The topological polar surface area (TPSA) is 40.6 Å². The summed E-state index contributed by atoms with van der Waals surface area (Å²) in [6, 6.07) is 13.4. The summed E-state index contributed by atoms with van der Waals surface area (Å²) in [5.41, 5.74) is 1.43. The molecule has 1 heterocycles. The molecule has 1 aliphatic heterocycles. The van der Waals surface area contributed by atoms with Crippen LogP contribution >= 0.6 is 15.9 Å². The van der Waals surface area contributed by atoms with Gasteiger partial charge in [-0.3, -0.25) is 9.59 Å². The zero-order valence-electron chi connectivity index (χ0n) is 14.3. The number of halogens is 2. The monoisotopic (exact) mass is 418 g/mol. The highest BCUT2D eigenvalue weighted by Gasteiger charge is 2.23. The molecule has 0 bridgehead atoms. The maximum absolute atomic E-state index is 13.0. The van der Waals surface area contributed by atoms with Crippen molar-refractivity contribution in [3.8, 4) is 0 Å². The summed E-state index contributed by atoms with van der Waals surface area (Å²) in [5, 5.41) is 0. The fourth-order valence-corrected chi connectivity index (χ4v) is 3.52. The van der Waals surface area contributed by atoms with Gasteiger partial charge in [0.15, 0.2) is 0 Å². The van der Waals surface area contributed by atoms with Crippen LogP contribution in [0.1, 0.15) is 22.3 Å². The van der Waals surface area contributed by atoms with Crippen molar-refractivity contribution in [1.29, 1.82) is 0 Å². The third kappa shape index (κ3) is 4.49. The highest BCUT2D eigenvalue weighted by molar-refractivity contribution is 9.10. The second-order valence-corrected chi connectivity index (χ2v) is 7.16. The summed E-state index contributed by atoms with van der Waals surface area (Å²) in [4.78, 5) is 28.8. The normalized spacial score (nSPS) is 14.8. The Hall–Kier alpha value is -2.21. The number of carbonyl (C=O) groups excluding carboxylic acids is 2. The Balaban J connectivity index is 1.61. The molecule has 2 aromatic rings. The SMILES string of the molecule is O=C(Cc1ccc(F)cc1)N1CCCN(C(=O)c2ccccc2Br)CC1. The molecule has 3 rings (SSSR count). The number of benzene rings is 2. The lowest BCUT2D eigenvalue weighted by atomic mass is 10.1. The second kappa shape index (κ2) is 8.45. The quantitative estimate of drug-likeness (QED) is 0.764. The van der Waals surface area contributed by atoms with Gasteiger partial charge in [-0.2, -0.15) is 0 Å². The molecule has 1 aliphatic rings. The van der Waals surface area contributed by atoms with Crippen molar-refractivity contribution in [2.75, 3.05) is 26.2 Å². The zero-order chi connectivity index (χ0) is 18.5. The molecule has 0 aromatic heterocycles. The molecule has 2 amide bonds. The minimum absolute atomic E-state index is 0.00630.